The molecular weight excluding hydrogens is 251 g/mol. The largest absolute Gasteiger partial charge is 1.00 e. The van der Waals surface area contributed by atoms with Crippen molar-refractivity contribution in [1.82, 2.24) is 0 Å². The minimum atomic E-state index is -1.33. The average Bonchev–Trinajstić information content (AvgIpc) is 2.27. The quantitative estimate of drug-likeness (QED) is 0.251. The first kappa shape index (κ1) is 23.1. The van der Waals surface area contributed by atoms with Crippen LogP contribution in [0.15, 0.2) is 0 Å². The molecule has 106 valence electrons. The van der Waals surface area contributed by atoms with Crippen LogP contribution in [0.5, 0.6) is 0 Å². The SMILES string of the molecule is NCCCCC(N)C(=O)O.O=C([O-])CCC(=O)O.[Li+]. The third kappa shape index (κ3) is 22.6. The van der Waals surface area contributed by atoms with Crippen LogP contribution in [-0.2, 0) is 14.4 Å². The maximum atomic E-state index is 10.1. The molecule has 1 unspecified atom stereocenters. The van der Waals surface area contributed by atoms with Crippen LogP contribution in [0.1, 0.15) is 32.1 Å². The van der Waals surface area contributed by atoms with Crippen molar-refractivity contribution in [3.63, 3.8) is 0 Å². The van der Waals surface area contributed by atoms with E-state index >= 15 is 0 Å². The van der Waals surface area contributed by atoms with Gasteiger partial charge in [-0.25, -0.2) is 0 Å². The first-order valence-electron chi connectivity index (χ1n) is 5.41. The van der Waals surface area contributed by atoms with Gasteiger partial charge in [-0.15, -0.1) is 0 Å². The molecule has 1 atom stereocenters. The Labute approximate surface area is 123 Å². The fourth-order valence-corrected chi connectivity index (χ4v) is 0.841. The number of aliphatic carboxylic acids is 3. The van der Waals surface area contributed by atoms with Gasteiger partial charge in [0.2, 0.25) is 0 Å². The second-order valence-electron chi connectivity index (χ2n) is 3.49. The average molecular weight is 270 g/mol. The molecule has 0 amide bonds. The first-order chi connectivity index (χ1) is 8.31. The Hall–Kier alpha value is -1.07. The Balaban J connectivity index is -0.000000262. The Kier molecular flexibility index (Phi) is 18.2. The van der Waals surface area contributed by atoms with Crippen LogP contribution in [0.2, 0.25) is 0 Å². The van der Waals surface area contributed by atoms with Gasteiger partial charge in [-0.3, -0.25) is 9.59 Å². The molecule has 9 heteroatoms. The number of hydrogen-bond acceptors (Lipinski definition) is 6. The predicted molar refractivity (Wildman–Crippen MR) is 60.4 cm³/mol. The van der Waals surface area contributed by atoms with E-state index in [2.05, 4.69) is 0 Å². The van der Waals surface area contributed by atoms with Gasteiger partial charge in [-0.05, 0) is 25.8 Å². The van der Waals surface area contributed by atoms with Crippen molar-refractivity contribution in [1.29, 1.82) is 0 Å². The molecule has 19 heavy (non-hydrogen) atoms. The van der Waals surface area contributed by atoms with E-state index < -0.39 is 30.4 Å². The third-order valence-electron chi connectivity index (χ3n) is 1.83. The number of carboxylic acids is 3. The molecule has 0 aromatic carbocycles. The molecule has 0 fully saturated rings. The van der Waals surface area contributed by atoms with Crippen molar-refractivity contribution in [3.05, 3.63) is 0 Å². The number of rotatable bonds is 8. The smallest absolute Gasteiger partial charge is 0.550 e. The van der Waals surface area contributed by atoms with Crippen molar-refractivity contribution >= 4 is 17.9 Å². The van der Waals surface area contributed by atoms with Crippen molar-refractivity contribution in [2.24, 2.45) is 11.5 Å². The molecule has 0 aromatic rings. The summed E-state index contributed by atoms with van der Waals surface area (Å²) in [5.74, 6) is -3.38. The molecule has 0 aromatic heterocycles. The molecule has 0 rings (SSSR count). The zero-order valence-electron chi connectivity index (χ0n) is 11.0. The van der Waals surface area contributed by atoms with Crippen LogP contribution < -0.4 is 35.4 Å². The molecule has 0 saturated heterocycles. The van der Waals surface area contributed by atoms with Crippen LogP contribution >= 0.6 is 0 Å². The van der Waals surface area contributed by atoms with E-state index in [0.29, 0.717) is 13.0 Å². The maximum Gasteiger partial charge on any atom is 1.00 e. The summed E-state index contributed by atoms with van der Waals surface area (Å²) in [5, 5.41) is 25.7. The zero-order valence-corrected chi connectivity index (χ0v) is 11.0. The minimum Gasteiger partial charge on any atom is -0.550 e. The molecule has 0 saturated carbocycles. The van der Waals surface area contributed by atoms with Gasteiger partial charge in [0.25, 0.3) is 0 Å². The van der Waals surface area contributed by atoms with E-state index in [1.807, 2.05) is 0 Å². The van der Waals surface area contributed by atoms with Crippen LogP contribution in [0.4, 0.5) is 0 Å². The van der Waals surface area contributed by atoms with Gasteiger partial charge in [0.1, 0.15) is 6.04 Å². The minimum absolute atomic E-state index is 0. The first-order valence-corrected chi connectivity index (χ1v) is 5.41. The van der Waals surface area contributed by atoms with E-state index in [-0.39, 0.29) is 25.3 Å². The Morgan fingerprint density at radius 1 is 1.11 bits per heavy atom. The van der Waals surface area contributed by atoms with Gasteiger partial charge in [0.15, 0.2) is 0 Å². The van der Waals surface area contributed by atoms with Crippen LogP contribution in [-0.4, -0.2) is 40.7 Å². The van der Waals surface area contributed by atoms with Crippen LogP contribution in [0.25, 0.3) is 0 Å². The summed E-state index contributed by atoms with van der Waals surface area (Å²) in [6.07, 6.45) is 1.40. The Bertz CT molecular complexity index is 261. The molecular formula is C10H19LiN2O6. The molecule has 0 aliphatic heterocycles. The molecule has 6 N–H and O–H groups in total. The third-order valence-corrected chi connectivity index (χ3v) is 1.83. The number of hydrogen-bond donors (Lipinski definition) is 4. The van der Waals surface area contributed by atoms with E-state index in [4.69, 9.17) is 21.7 Å². The number of unbranched alkanes of at least 4 members (excludes halogenated alkanes) is 1. The molecule has 8 nitrogen and oxygen atoms in total. The predicted octanol–water partition coefficient (Wildman–Crippen LogP) is -4.87. The number of nitrogens with two attached hydrogens (primary N) is 2. The second kappa shape index (κ2) is 15.0. The Morgan fingerprint density at radius 2 is 1.63 bits per heavy atom. The van der Waals surface area contributed by atoms with E-state index in [0.717, 1.165) is 12.8 Å². The molecule has 0 aliphatic carbocycles. The van der Waals surface area contributed by atoms with Gasteiger partial charge >= 0.3 is 30.8 Å². The summed E-state index contributed by atoms with van der Waals surface area (Å²) < 4.78 is 0. The summed E-state index contributed by atoms with van der Waals surface area (Å²) in [6.45, 7) is 0.604. The number of carboxylic acid groups (broad SMARTS) is 3. The Morgan fingerprint density at radius 3 is 1.89 bits per heavy atom. The van der Waals surface area contributed by atoms with Gasteiger partial charge < -0.3 is 31.6 Å². The fourth-order valence-electron chi connectivity index (χ4n) is 0.841. The number of carbonyl (C=O) groups is 3. The second-order valence-corrected chi connectivity index (χ2v) is 3.49. The van der Waals surface area contributed by atoms with Crippen molar-refractivity contribution in [2.45, 2.75) is 38.1 Å². The van der Waals surface area contributed by atoms with Crippen molar-refractivity contribution in [3.8, 4) is 0 Å². The number of carbonyl (C=O) groups excluding carboxylic acids is 1. The van der Waals surface area contributed by atoms with E-state index in [1.54, 1.807) is 0 Å². The summed E-state index contributed by atoms with van der Waals surface area (Å²) >= 11 is 0. The zero-order chi connectivity index (χ0) is 14.6. The fraction of sp³-hybridized carbons (Fsp3) is 0.700. The monoisotopic (exact) mass is 270 g/mol. The van der Waals surface area contributed by atoms with Gasteiger partial charge in [0, 0.05) is 5.97 Å². The van der Waals surface area contributed by atoms with E-state index in [1.165, 1.54) is 0 Å². The summed E-state index contributed by atoms with van der Waals surface area (Å²) in [6, 6.07) is -0.716. The molecule has 0 bridgehead atoms. The molecule has 0 spiro atoms. The maximum absolute atomic E-state index is 10.1. The van der Waals surface area contributed by atoms with Gasteiger partial charge in [-0.2, -0.15) is 0 Å². The molecule has 0 radical (unpaired) electrons. The summed E-state index contributed by atoms with van der Waals surface area (Å²) in [7, 11) is 0. The van der Waals surface area contributed by atoms with E-state index in [9.17, 15) is 19.5 Å². The van der Waals surface area contributed by atoms with Crippen molar-refractivity contribution < 1.29 is 48.6 Å². The van der Waals surface area contributed by atoms with Gasteiger partial charge in [-0.1, -0.05) is 6.42 Å². The standard InChI is InChI=1S/C6H14N2O2.C4H6O4.Li/c7-4-2-1-3-5(8)6(9)10;5-3(6)1-2-4(7)8;/h5H,1-4,7-8H2,(H,9,10);1-2H2,(H,5,6)(H,7,8);/q;;+1/p-1. The van der Waals surface area contributed by atoms with Gasteiger partial charge in [0.05, 0.1) is 6.42 Å². The molecule has 0 aliphatic rings. The topological polar surface area (TPSA) is 167 Å². The molecule has 0 heterocycles. The van der Waals surface area contributed by atoms with Crippen LogP contribution in [0.3, 0.4) is 0 Å². The van der Waals surface area contributed by atoms with Crippen LogP contribution in [0, 0.1) is 0 Å². The summed E-state index contributed by atoms with van der Waals surface area (Å²) in [4.78, 5) is 29.3. The normalized spacial score (nSPS) is 10.4. The van der Waals surface area contributed by atoms with Crippen molar-refractivity contribution in [2.75, 3.05) is 6.54 Å². The summed E-state index contributed by atoms with van der Waals surface area (Å²) in [5.41, 5.74) is 10.4.